The van der Waals surface area contributed by atoms with Gasteiger partial charge in [0.2, 0.25) is 0 Å². The molecule has 0 unspecified atom stereocenters. The molecule has 2 aromatic rings. The molecule has 23 heavy (non-hydrogen) atoms. The molecule has 0 aliphatic rings. The third-order valence-corrected chi connectivity index (χ3v) is 3.84. The van der Waals surface area contributed by atoms with Crippen LogP contribution in [0.5, 0.6) is 11.5 Å². The average molecular weight is 326 g/mol. The summed E-state index contributed by atoms with van der Waals surface area (Å²) in [6, 6.07) is 12.9. The van der Waals surface area contributed by atoms with E-state index in [0.717, 1.165) is 11.3 Å². The van der Waals surface area contributed by atoms with Crippen LogP contribution in [0.2, 0.25) is 0 Å². The van der Waals surface area contributed by atoms with E-state index in [1.54, 1.807) is 36.0 Å². The Labute approximate surface area is 138 Å². The first-order chi connectivity index (χ1) is 11.2. The molecule has 0 fully saturated rings. The Morgan fingerprint density at radius 3 is 2.30 bits per heavy atom. The maximum Gasteiger partial charge on any atom is 0.259 e. The molecule has 0 bridgehead atoms. The van der Waals surface area contributed by atoms with Crippen molar-refractivity contribution in [1.82, 2.24) is 0 Å². The fourth-order valence-electron chi connectivity index (χ4n) is 1.83. The predicted octanol–water partition coefficient (Wildman–Crippen LogP) is 3.50. The first-order valence-corrected chi connectivity index (χ1v) is 7.91. The Kier molecular flexibility index (Phi) is 5.94. The molecule has 1 N–H and O–H groups in total. The van der Waals surface area contributed by atoms with Gasteiger partial charge in [-0.15, -0.1) is 11.8 Å². The summed E-state index contributed by atoms with van der Waals surface area (Å²) in [4.78, 5) is 21.8. The molecule has 2 aromatic carbocycles. The third-order valence-electron chi connectivity index (χ3n) is 2.95. The maximum absolute atomic E-state index is 10.3. The van der Waals surface area contributed by atoms with E-state index in [9.17, 15) is 9.59 Å². The van der Waals surface area contributed by atoms with E-state index in [0.29, 0.717) is 11.4 Å². The van der Waals surface area contributed by atoms with Gasteiger partial charge < -0.3 is 4.74 Å². The van der Waals surface area contributed by atoms with Crippen LogP contribution in [0.4, 0.5) is 5.69 Å². The van der Waals surface area contributed by atoms with Gasteiger partial charge in [-0.05, 0) is 61.2 Å². The van der Waals surface area contributed by atoms with Gasteiger partial charge in [0.25, 0.3) is 12.6 Å². The standard InChI is InChI=1S/C17H14N2O3S/c1-12-9-16(7-8-17(12)23-2)22-15-5-3-13(4-6-15)18-19-14(10-20)11-21/h3-9,18H,1-2H3. The van der Waals surface area contributed by atoms with Gasteiger partial charge in [-0.1, -0.05) is 0 Å². The SMILES string of the molecule is CSc1ccc(Oc2ccc(NN=C([C]=O)[C]=O)cc2)cc1C. The molecule has 0 spiro atoms. The lowest BCUT2D eigenvalue weighted by molar-refractivity contribution is 0.482. The Hall–Kier alpha value is -2.60. The molecule has 116 valence electrons. The number of nitrogens with one attached hydrogen (secondary N) is 1. The lowest BCUT2D eigenvalue weighted by Crippen LogP contribution is -2.04. The van der Waals surface area contributed by atoms with Crippen molar-refractivity contribution < 1.29 is 14.3 Å². The van der Waals surface area contributed by atoms with E-state index in [1.165, 1.54) is 17.5 Å². The second-order valence-corrected chi connectivity index (χ2v) is 5.38. The number of aryl methyl sites for hydroxylation is 1. The van der Waals surface area contributed by atoms with Crippen LogP contribution in [0.3, 0.4) is 0 Å². The van der Waals surface area contributed by atoms with Gasteiger partial charge in [-0.25, -0.2) is 0 Å². The Morgan fingerprint density at radius 2 is 1.74 bits per heavy atom. The van der Waals surface area contributed by atoms with E-state index >= 15 is 0 Å². The Morgan fingerprint density at radius 1 is 1.09 bits per heavy atom. The van der Waals surface area contributed by atoms with Gasteiger partial charge in [0.1, 0.15) is 11.5 Å². The van der Waals surface area contributed by atoms with Gasteiger partial charge in [-0.3, -0.25) is 15.0 Å². The Bertz CT molecular complexity index is 717. The van der Waals surface area contributed by atoms with Crippen LogP contribution in [0.1, 0.15) is 5.56 Å². The average Bonchev–Trinajstić information content (AvgIpc) is 2.57. The molecule has 2 rings (SSSR count). The summed E-state index contributed by atoms with van der Waals surface area (Å²) in [7, 11) is 0. The normalized spacial score (nSPS) is 9.83. The van der Waals surface area contributed by atoms with E-state index in [4.69, 9.17) is 4.74 Å². The monoisotopic (exact) mass is 326 g/mol. The molecule has 0 heterocycles. The predicted molar refractivity (Wildman–Crippen MR) is 91.9 cm³/mol. The molecule has 0 saturated heterocycles. The zero-order valence-electron chi connectivity index (χ0n) is 12.6. The lowest BCUT2D eigenvalue weighted by atomic mass is 10.2. The molecule has 0 aliphatic carbocycles. The summed E-state index contributed by atoms with van der Waals surface area (Å²) in [5.41, 5.74) is 3.88. The van der Waals surface area contributed by atoms with E-state index < -0.39 is 5.71 Å². The molecular formula is C17H14N2O3S. The van der Waals surface area contributed by atoms with Crippen LogP contribution in [-0.2, 0) is 9.59 Å². The van der Waals surface area contributed by atoms with E-state index in [2.05, 4.69) is 10.5 Å². The summed E-state index contributed by atoms with van der Waals surface area (Å²) in [6.07, 6.45) is 4.77. The van der Waals surface area contributed by atoms with Crippen molar-refractivity contribution >= 4 is 35.7 Å². The van der Waals surface area contributed by atoms with Crippen molar-refractivity contribution in [2.45, 2.75) is 11.8 Å². The van der Waals surface area contributed by atoms with Crippen molar-refractivity contribution in [3.05, 3.63) is 48.0 Å². The van der Waals surface area contributed by atoms with Gasteiger partial charge in [0.15, 0.2) is 5.71 Å². The second kappa shape index (κ2) is 8.14. The topological polar surface area (TPSA) is 67.8 Å². The minimum absolute atomic E-state index is 0.449. The van der Waals surface area contributed by atoms with Crippen LogP contribution in [-0.4, -0.2) is 24.5 Å². The minimum atomic E-state index is -0.449. The number of carbonyl (C=O) groups excluding carboxylic acids is 2. The fourth-order valence-corrected chi connectivity index (χ4v) is 2.42. The highest BCUT2D eigenvalue weighted by molar-refractivity contribution is 7.98. The summed E-state index contributed by atoms with van der Waals surface area (Å²) < 4.78 is 5.78. The largest absolute Gasteiger partial charge is 0.457 e. The van der Waals surface area contributed by atoms with Crippen molar-refractivity contribution in [2.24, 2.45) is 5.10 Å². The molecule has 5 nitrogen and oxygen atoms in total. The maximum atomic E-state index is 10.3. The van der Waals surface area contributed by atoms with Crippen molar-refractivity contribution in [3.63, 3.8) is 0 Å². The van der Waals surface area contributed by atoms with Crippen LogP contribution in [0.25, 0.3) is 0 Å². The Balaban J connectivity index is 2.05. The summed E-state index contributed by atoms with van der Waals surface area (Å²) >= 11 is 1.69. The number of hydrogen-bond donors (Lipinski definition) is 1. The highest BCUT2D eigenvalue weighted by Gasteiger charge is 2.02. The molecule has 0 atom stereocenters. The van der Waals surface area contributed by atoms with Crippen LogP contribution in [0, 0.1) is 6.92 Å². The number of ether oxygens (including phenoxy) is 1. The molecule has 6 heteroatoms. The first kappa shape index (κ1) is 16.8. The lowest BCUT2D eigenvalue weighted by Gasteiger charge is -2.09. The van der Waals surface area contributed by atoms with Crippen molar-refractivity contribution in [1.29, 1.82) is 0 Å². The number of benzene rings is 2. The van der Waals surface area contributed by atoms with Crippen molar-refractivity contribution in [3.8, 4) is 11.5 Å². The molecule has 0 saturated carbocycles. The van der Waals surface area contributed by atoms with Crippen LogP contribution >= 0.6 is 11.8 Å². The summed E-state index contributed by atoms with van der Waals surface area (Å²) in [5, 5.41) is 3.55. The molecule has 0 amide bonds. The summed E-state index contributed by atoms with van der Waals surface area (Å²) in [5.74, 6) is 1.42. The number of hydrazone groups is 1. The summed E-state index contributed by atoms with van der Waals surface area (Å²) in [6.45, 7) is 2.04. The van der Waals surface area contributed by atoms with Crippen molar-refractivity contribution in [2.75, 3.05) is 11.7 Å². The molecule has 0 aliphatic heterocycles. The fraction of sp³-hybridized carbons (Fsp3) is 0.118. The highest BCUT2D eigenvalue weighted by Crippen LogP contribution is 2.28. The van der Waals surface area contributed by atoms with Crippen LogP contribution < -0.4 is 10.2 Å². The third kappa shape index (κ3) is 4.69. The first-order valence-electron chi connectivity index (χ1n) is 6.69. The number of rotatable bonds is 7. The second-order valence-electron chi connectivity index (χ2n) is 4.53. The van der Waals surface area contributed by atoms with E-state index in [1.807, 2.05) is 31.4 Å². The molecule has 0 aromatic heterocycles. The number of hydrogen-bond acceptors (Lipinski definition) is 6. The van der Waals surface area contributed by atoms with E-state index in [-0.39, 0.29) is 0 Å². The van der Waals surface area contributed by atoms with Gasteiger partial charge in [0.05, 0.1) is 5.69 Å². The zero-order chi connectivity index (χ0) is 16.7. The molecule has 2 radical (unpaired) electrons. The number of nitrogens with zero attached hydrogens (tertiary/aromatic N) is 1. The van der Waals surface area contributed by atoms with Gasteiger partial charge in [-0.2, -0.15) is 5.10 Å². The minimum Gasteiger partial charge on any atom is -0.457 e. The zero-order valence-corrected chi connectivity index (χ0v) is 13.4. The highest BCUT2D eigenvalue weighted by atomic mass is 32.2. The van der Waals surface area contributed by atoms with Crippen LogP contribution in [0.15, 0.2) is 52.5 Å². The number of anilines is 1. The van der Waals surface area contributed by atoms with Gasteiger partial charge in [0, 0.05) is 4.90 Å². The smallest absolute Gasteiger partial charge is 0.259 e. The molecular weight excluding hydrogens is 312 g/mol. The van der Waals surface area contributed by atoms with Gasteiger partial charge >= 0.3 is 0 Å². The number of thioether (sulfide) groups is 1. The quantitative estimate of drug-likeness (QED) is 0.365.